The molecule has 2 aliphatic rings. The Kier molecular flexibility index (Phi) is 6.98. The highest BCUT2D eigenvalue weighted by molar-refractivity contribution is 7.98. The van der Waals surface area contributed by atoms with Crippen LogP contribution in [0.2, 0.25) is 0 Å². The third kappa shape index (κ3) is 5.54. The van der Waals surface area contributed by atoms with Gasteiger partial charge in [-0.05, 0) is 10.6 Å². The summed E-state index contributed by atoms with van der Waals surface area (Å²) in [5.41, 5.74) is 0. The van der Waals surface area contributed by atoms with Crippen LogP contribution in [-0.4, -0.2) is 96.1 Å². The number of ether oxygens (including phenoxy) is 2. The summed E-state index contributed by atoms with van der Waals surface area (Å²) in [5, 5.41) is 23.1. The van der Waals surface area contributed by atoms with Crippen molar-refractivity contribution >= 4 is 20.6 Å². The van der Waals surface area contributed by atoms with Crippen molar-refractivity contribution in [3.63, 3.8) is 0 Å². The molecule has 5 N–H and O–H groups in total. The van der Waals surface area contributed by atoms with Crippen LogP contribution in [0.4, 0.5) is 0 Å². The predicted molar refractivity (Wildman–Crippen MR) is 86.9 cm³/mol. The van der Waals surface area contributed by atoms with E-state index in [-0.39, 0.29) is 25.1 Å². The molecule has 0 amide bonds. The number of nitrogens with zero attached hydrogens (tertiary/aromatic N) is 1. The Balaban J connectivity index is 1.93. The highest BCUT2D eigenvalue weighted by Crippen LogP contribution is 2.23. The molecule has 6 atom stereocenters. The summed E-state index contributed by atoms with van der Waals surface area (Å²) in [4.78, 5) is 0. The van der Waals surface area contributed by atoms with Gasteiger partial charge in [0.15, 0.2) is 0 Å². The molecule has 0 aromatic carbocycles. The lowest BCUT2D eigenvalue weighted by Crippen LogP contribution is -2.57. The molecule has 2 saturated heterocycles. The Morgan fingerprint density at radius 1 is 1.00 bits per heavy atom. The molecule has 2 rings (SSSR count). The van der Waals surface area contributed by atoms with Gasteiger partial charge in [-0.1, -0.05) is 0 Å². The summed E-state index contributed by atoms with van der Waals surface area (Å²) in [6.45, 7) is 1.77. The molecule has 2 heterocycles. The largest absolute Gasteiger partial charge is 0.391 e. The molecule has 6 unspecified atom stereocenters. The lowest BCUT2D eigenvalue weighted by atomic mass is 10.00. The Bertz CT molecular complexity index is 652. The van der Waals surface area contributed by atoms with E-state index in [1.165, 1.54) is 0 Å². The molecule has 0 aromatic heterocycles. The average molecular weight is 420 g/mol. The van der Waals surface area contributed by atoms with Crippen molar-refractivity contribution < 1.29 is 45.6 Å². The topological polar surface area (TPSA) is 183 Å². The lowest BCUT2D eigenvalue weighted by molar-refractivity contribution is -0.0846. The first-order valence-electron chi connectivity index (χ1n) is 7.96. The Morgan fingerprint density at radius 2 is 1.62 bits per heavy atom. The fourth-order valence-electron chi connectivity index (χ4n) is 3.07. The van der Waals surface area contributed by atoms with Crippen molar-refractivity contribution in [2.75, 3.05) is 19.8 Å². The van der Waals surface area contributed by atoms with Gasteiger partial charge in [0, 0.05) is 19.4 Å². The molecule has 14 heteroatoms. The molecule has 2 fully saturated rings. The Labute approximate surface area is 151 Å². The number of aliphatic hydroxyl groups is 2. The number of hydrogen-bond donors (Lipinski definition) is 5. The molecule has 12 nitrogen and oxygen atoms in total. The predicted octanol–water partition coefficient (Wildman–Crippen LogP) is -2.46. The summed E-state index contributed by atoms with van der Waals surface area (Å²) < 4.78 is 73.1. The smallest absolute Gasteiger partial charge is 0.351 e. The van der Waals surface area contributed by atoms with Crippen LogP contribution in [0.5, 0.6) is 0 Å². The second-order valence-electron chi connectivity index (χ2n) is 6.47. The van der Waals surface area contributed by atoms with Gasteiger partial charge in [-0.2, -0.15) is 16.8 Å². The maximum absolute atomic E-state index is 11.2. The van der Waals surface area contributed by atoms with Crippen molar-refractivity contribution in [3.8, 4) is 0 Å². The summed E-state index contributed by atoms with van der Waals surface area (Å²) in [6.07, 6.45) is -2.47. The van der Waals surface area contributed by atoms with E-state index in [1.807, 2.05) is 6.92 Å². The molecule has 0 radical (unpaired) electrons. The number of nitrogens with one attached hydrogen (secondary N) is 1. The number of hydrogen-bond acceptors (Lipinski definition) is 9. The van der Waals surface area contributed by atoms with E-state index in [4.69, 9.17) is 18.6 Å². The molecular formula is C12H24N2O10S2. The fraction of sp³-hybridized carbons (Fsp3) is 1.00. The van der Waals surface area contributed by atoms with E-state index in [1.54, 1.807) is 0 Å². The first-order valence-corrected chi connectivity index (χ1v) is 10.8. The SMILES string of the molecule is CC1CC(O)C(NCC2CC(O)C(N(S(=O)(=O)O)S(=O)(=O)O)CO2)CO1. The Hall–Kier alpha value is -0.420. The molecule has 0 saturated carbocycles. The van der Waals surface area contributed by atoms with E-state index >= 15 is 0 Å². The molecule has 0 aliphatic carbocycles. The van der Waals surface area contributed by atoms with Gasteiger partial charge < -0.3 is 25.0 Å². The van der Waals surface area contributed by atoms with Gasteiger partial charge in [-0.25, -0.2) is 0 Å². The van der Waals surface area contributed by atoms with Crippen molar-refractivity contribution in [1.29, 1.82) is 0 Å². The second kappa shape index (κ2) is 8.30. The quantitative estimate of drug-likeness (QED) is 0.287. The summed E-state index contributed by atoms with van der Waals surface area (Å²) in [5.74, 6) is 0. The van der Waals surface area contributed by atoms with Gasteiger partial charge in [0.1, 0.15) is 0 Å². The van der Waals surface area contributed by atoms with E-state index in [0.29, 0.717) is 13.0 Å². The minimum Gasteiger partial charge on any atom is -0.391 e. The second-order valence-corrected chi connectivity index (χ2v) is 9.28. The first kappa shape index (κ1) is 21.9. The van der Waals surface area contributed by atoms with Crippen LogP contribution in [0.25, 0.3) is 0 Å². The molecule has 2 aliphatic heterocycles. The van der Waals surface area contributed by atoms with Crippen molar-refractivity contribution in [1.82, 2.24) is 9.03 Å². The molecule has 154 valence electrons. The summed E-state index contributed by atoms with van der Waals surface area (Å²) >= 11 is 0. The first-order chi connectivity index (χ1) is 11.9. The van der Waals surface area contributed by atoms with E-state index < -0.39 is 55.3 Å². The van der Waals surface area contributed by atoms with Crippen molar-refractivity contribution in [2.45, 2.75) is 56.3 Å². The van der Waals surface area contributed by atoms with Gasteiger partial charge in [0.25, 0.3) is 0 Å². The third-order valence-electron chi connectivity index (χ3n) is 4.38. The van der Waals surface area contributed by atoms with Crippen LogP contribution in [0, 0.1) is 0 Å². The highest BCUT2D eigenvalue weighted by atomic mass is 32.3. The standard InChI is InChI=1S/C12H24N2O10S2/c1-7-2-11(15)9(5-23-7)13-4-8-3-12(16)10(6-24-8)14(25(17,18)19)26(20,21)22/h7-13,15-16H,2-6H2,1H3,(H,17,18,19)(H,20,21,22). The van der Waals surface area contributed by atoms with Gasteiger partial charge in [0.2, 0.25) is 0 Å². The minimum absolute atomic E-state index is 0.0524. The molecule has 26 heavy (non-hydrogen) atoms. The zero-order valence-corrected chi connectivity index (χ0v) is 15.6. The normalized spacial score (nSPS) is 37.0. The zero-order valence-electron chi connectivity index (χ0n) is 14.0. The van der Waals surface area contributed by atoms with E-state index in [9.17, 15) is 27.0 Å². The zero-order chi connectivity index (χ0) is 19.7. The third-order valence-corrected chi connectivity index (χ3v) is 6.96. The monoisotopic (exact) mass is 420 g/mol. The molecule has 0 aromatic rings. The molecule has 0 spiro atoms. The van der Waals surface area contributed by atoms with Crippen LogP contribution in [0.1, 0.15) is 19.8 Å². The number of aliphatic hydroxyl groups excluding tert-OH is 2. The average Bonchev–Trinajstić information content (AvgIpc) is 2.46. The van der Waals surface area contributed by atoms with Gasteiger partial charge in [-0.3, -0.25) is 9.11 Å². The van der Waals surface area contributed by atoms with E-state index in [0.717, 1.165) is 0 Å². The minimum atomic E-state index is -5.32. The Morgan fingerprint density at radius 3 is 2.12 bits per heavy atom. The van der Waals surface area contributed by atoms with Crippen molar-refractivity contribution in [3.05, 3.63) is 0 Å². The maximum Gasteiger partial charge on any atom is 0.351 e. The van der Waals surface area contributed by atoms with Crippen LogP contribution >= 0.6 is 0 Å². The van der Waals surface area contributed by atoms with Crippen LogP contribution in [0.15, 0.2) is 0 Å². The van der Waals surface area contributed by atoms with E-state index in [2.05, 4.69) is 5.32 Å². The van der Waals surface area contributed by atoms with Gasteiger partial charge in [-0.15, -0.1) is 0 Å². The fourth-order valence-corrected chi connectivity index (χ4v) is 5.11. The van der Waals surface area contributed by atoms with Crippen molar-refractivity contribution in [2.24, 2.45) is 0 Å². The summed E-state index contributed by atoms with van der Waals surface area (Å²) in [6, 6.07) is -2.03. The lowest BCUT2D eigenvalue weighted by Gasteiger charge is -2.38. The highest BCUT2D eigenvalue weighted by Gasteiger charge is 2.45. The number of rotatable bonds is 6. The van der Waals surface area contributed by atoms with Crippen LogP contribution in [-0.2, 0) is 30.1 Å². The van der Waals surface area contributed by atoms with Crippen LogP contribution < -0.4 is 5.32 Å². The molecular weight excluding hydrogens is 396 g/mol. The summed E-state index contributed by atoms with van der Waals surface area (Å²) in [7, 11) is -10.6. The van der Waals surface area contributed by atoms with Gasteiger partial charge >= 0.3 is 20.6 Å². The molecule has 0 bridgehead atoms. The maximum atomic E-state index is 11.2. The van der Waals surface area contributed by atoms with Gasteiger partial charge in [0.05, 0.1) is 49.7 Å². The van der Waals surface area contributed by atoms with Crippen LogP contribution in [0.3, 0.4) is 0 Å².